The van der Waals surface area contributed by atoms with Gasteiger partial charge in [0.15, 0.2) is 0 Å². The van der Waals surface area contributed by atoms with Gasteiger partial charge in [-0.1, -0.05) is 39.0 Å². The van der Waals surface area contributed by atoms with Crippen LogP contribution in [0.3, 0.4) is 0 Å². The fourth-order valence-electron chi connectivity index (χ4n) is 3.58. The molecule has 134 valence electrons. The first-order valence-electron chi connectivity index (χ1n) is 9.09. The normalized spacial score (nSPS) is 21.0. The van der Waals surface area contributed by atoms with Gasteiger partial charge >= 0.3 is 0 Å². The second kappa shape index (κ2) is 7.40. The first-order valence-corrected chi connectivity index (χ1v) is 9.09. The Bertz CT molecular complexity index is 812. The number of pyridine rings is 1. The van der Waals surface area contributed by atoms with Crippen molar-refractivity contribution in [2.45, 2.75) is 39.8 Å². The Balaban J connectivity index is 1.64. The lowest BCUT2D eigenvalue weighted by Gasteiger charge is -2.38. The largest absolute Gasteiger partial charge is 0.342 e. The number of fused-ring (bicyclic) bond motifs is 1. The second-order valence-corrected chi connectivity index (χ2v) is 7.40. The molecule has 1 amide bonds. The monoisotopic (exact) mass is 341 g/mol. The number of H-pyrrole nitrogens is 1. The average molecular weight is 341 g/mol. The Hall–Kier alpha value is -2.14. The zero-order valence-corrected chi connectivity index (χ0v) is 15.2. The summed E-state index contributed by atoms with van der Waals surface area (Å²) >= 11 is 0. The first-order chi connectivity index (χ1) is 12.0. The quantitative estimate of drug-likeness (QED) is 0.898. The summed E-state index contributed by atoms with van der Waals surface area (Å²) in [6.07, 6.45) is 0.922. The van der Waals surface area contributed by atoms with E-state index in [1.54, 1.807) is 0 Å². The number of aromatic amines is 1. The molecule has 1 fully saturated rings. The Labute approximate surface area is 148 Å². The smallest absolute Gasteiger partial charge is 0.252 e. The van der Waals surface area contributed by atoms with E-state index >= 15 is 0 Å². The summed E-state index contributed by atoms with van der Waals surface area (Å²) in [4.78, 5) is 29.3. The zero-order chi connectivity index (χ0) is 18.0. The number of para-hydroxylation sites is 1. The lowest BCUT2D eigenvalue weighted by atomic mass is 9.93. The van der Waals surface area contributed by atoms with Crippen LogP contribution in [-0.2, 0) is 11.3 Å². The number of rotatable bonds is 4. The van der Waals surface area contributed by atoms with Gasteiger partial charge in [0, 0.05) is 42.7 Å². The topological polar surface area (TPSA) is 65.2 Å². The van der Waals surface area contributed by atoms with Crippen molar-refractivity contribution in [3.8, 4) is 0 Å². The molecule has 0 saturated carbocycles. The minimum absolute atomic E-state index is 0.0359. The van der Waals surface area contributed by atoms with Crippen LogP contribution < -0.4 is 10.9 Å². The van der Waals surface area contributed by atoms with Crippen LogP contribution in [-0.4, -0.2) is 34.9 Å². The van der Waals surface area contributed by atoms with E-state index in [1.165, 1.54) is 0 Å². The molecule has 2 atom stereocenters. The van der Waals surface area contributed by atoms with Crippen molar-refractivity contribution in [2.75, 3.05) is 13.1 Å². The second-order valence-electron chi connectivity index (χ2n) is 7.40. The molecule has 5 heteroatoms. The van der Waals surface area contributed by atoms with Gasteiger partial charge in [0.2, 0.25) is 5.91 Å². The van der Waals surface area contributed by atoms with E-state index in [9.17, 15) is 9.59 Å². The molecule has 25 heavy (non-hydrogen) atoms. The number of carbonyl (C=O) groups excluding carboxylic acids is 1. The Morgan fingerprint density at radius 2 is 2.12 bits per heavy atom. The third-order valence-corrected chi connectivity index (χ3v) is 5.10. The van der Waals surface area contributed by atoms with Crippen molar-refractivity contribution in [3.05, 3.63) is 46.2 Å². The van der Waals surface area contributed by atoms with Gasteiger partial charge in [-0.15, -0.1) is 0 Å². The molecule has 2 unspecified atom stereocenters. The molecule has 1 saturated heterocycles. The summed E-state index contributed by atoms with van der Waals surface area (Å²) in [7, 11) is 0. The fraction of sp³-hybridized carbons (Fsp3) is 0.500. The van der Waals surface area contributed by atoms with Crippen LogP contribution in [0.15, 0.2) is 35.1 Å². The number of amides is 1. The Morgan fingerprint density at radius 1 is 1.36 bits per heavy atom. The van der Waals surface area contributed by atoms with Crippen molar-refractivity contribution in [1.82, 2.24) is 15.2 Å². The summed E-state index contributed by atoms with van der Waals surface area (Å²) in [6.45, 7) is 8.18. The minimum Gasteiger partial charge on any atom is -0.342 e. The third kappa shape index (κ3) is 3.93. The van der Waals surface area contributed by atoms with E-state index in [0.29, 0.717) is 18.5 Å². The standard InChI is InChI=1S/C20H27N3O2/c1-13(2)20(25)23-9-8-17(14(3)12-23)21-11-16-10-15-6-4-5-7-18(15)22-19(16)24/h4-7,10,13-14,17,21H,8-9,11-12H2,1-3H3,(H,22,24). The first kappa shape index (κ1) is 17.7. The molecule has 0 spiro atoms. The number of hydrogen-bond acceptors (Lipinski definition) is 3. The zero-order valence-electron chi connectivity index (χ0n) is 15.2. The van der Waals surface area contributed by atoms with Gasteiger partial charge in [0.05, 0.1) is 0 Å². The van der Waals surface area contributed by atoms with Crippen LogP contribution in [0.25, 0.3) is 10.9 Å². The highest BCUT2D eigenvalue weighted by Crippen LogP contribution is 2.19. The van der Waals surface area contributed by atoms with Gasteiger partial charge in [-0.05, 0) is 29.9 Å². The number of hydrogen-bond donors (Lipinski definition) is 2. The van der Waals surface area contributed by atoms with Gasteiger partial charge in [-0.2, -0.15) is 0 Å². The number of benzene rings is 1. The number of aromatic nitrogens is 1. The minimum atomic E-state index is -0.0359. The maximum atomic E-state index is 12.3. The molecular formula is C20H27N3O2. The highest BCUT2D eigenvalue weighted by atomic mass is 16.2. The van der Waals surface area contributed by atoms with Gasteiger partial charge in [-0.25, -0.2) is 0 Å². The van der Waals surface area contributed by atoms with Crippen molar-refractivity contribution in [1.29, 1.82) is 0 Å². The Kier molecular flexibility index (Phi) is 5.23. The number of piperidine rings is 1. The van der Waals surface area contributed by atoms with Crippen LogP contribution in [0.5, 0.6) is 0 Å². The summed E-state index contributed by atoms with van der Waals surface area (Å²) in [6, 6.07) is 10.1. The highest BCUT2D eigenvalue weighted by molar-refractivity contribution is 5.79. The van der Waals surface area contributed by atoms with E-state index in [4.69, 9.17) is 0 Å². The molecule has 1 aliphatic heterocycles. The van der Waals surface area contributed by atoms with Crippen LogP contribution in [0.2, 0.25) is 0 Å². The molecule has 1 aliphatic rings. The molecule has 5 nitrogen and oxygen atoms in total. The molecule has 1 aromatic heterocycles. The predicted molar refractivity (Wildman–Crippen MR) is 100 cm³/mol. The highest BCUT2D eigenvalue weighted by Gasteiger charge is 2.29. The van der Waals surface area contributed by atoms with Crippen molar-refractivity contribution < 1.29 is 4.79 Å². The van der Waals surface area contributed by atoms with Crippen molar-refractivity contribution in [2.24, 2.45) is 11.8 Å². The van der Waals surface area contributed by atoms with Gasteiger partial charge < -0.3 is 15.2 Å². The van der Waals surface area contributed by atoms with E-state index in [1.807, 2.05) is 49.1 Å². The molecule has 2 N–H and O–H groups in total. The fourth-order valence-corrected chi connectivity index (χ4v) is 3.58. The van der Waals surface area contributed by atoms with E-state index < -0.39 is 0 Å². The van der Waals surface area contributed by atoms with Crippen LogP contribution in [0.1, 0.15) is 32.8 Å². The molecule has 1 aromatic carbocycles. The Morgan fingerprint density at radius 3 is 2.84 bits per heavy atom. The van der Waals surface area contributed by atoms with Crippen LogP contribution in [0.4, 0.5) is 0 Å². The average Bonchev–Trinajstić information content (AvgIpc) is 2.60. The summed E-state index contributed by atoms with van der Waals surface area (Å²) in [5.41, 5.74) is 1.59. The summed E-state index contributed by atoms with van der Waals surface area (Å²) in [5.74, 6) is 0.653. The number of carbonyl (C=O) groups is 1. The van der Waals surface area contributed by atoms with E-state index in [0.717, 1.165) is 36.0 Å². The molecule has 0 bridgehead atoms. The van der Waals surface area contributed by atoms with Gasteiger partial charge in [0.25, 0.3) is 5.56 Å². The molecule has 3 rings (SSSR count). The van der Waals surface area contributed by atoms with Gasteiger partial charge in [0.1, 0.15) is 0 Å². The van der Waals surface area contributed by atoms with Crippen LogP contribution >= 0.6 is 0 Å². The van der Waals surface area contributed by atoms with Crippen LogP contribution in [0, 0.1) is 11.8 Å². The van der Waals surface area contributed by atoms with Gasteiger partial charge in [-0.3, -0.25) is 9.59 Å². The molecule has 0 aliphatic carbocycles. The summed E-state index contributed by atoms with van der Waals surface area (Å²) < 4.78 is 0. The lowest BCUT2D eigenvalue weighted by molar-refractivity contribution is -0.136. The molecule has 2 aromatic rings. The predicted octanol–water partition coefficient (Wildman–Crippen LogP) is 2.51. The van der Waals surface area contributed by atoms with E-state index in [-0.39, 0.29) is 17.4 Å². The SMILES string of the molecule is CC(C)C(=O)N1CCC(NCc2cc3ccccc3[nH]c2=O)C(C)C1. The summed E-state index contributed by atoms with van der Waals surface area (Å²) in [5, 5.41) is 4.57. The molecule has 0 radical (unpaired) electrons. The number of nitrogens with zero attached hydrogens (tertiary/aromatic N) is 1. The van der Waals surface area contributed by atoms with Crippen molar-refractivity contribution in [3.63, 3.8) is 0 Å². The maximum Gasteiger partial charge on any atom is 0.252 e. The number of nitrogens with one attached hydrogen (secondary N) is 2. The molecular weight excluding hydrogens is 314 g/mol. The third-order valence-electron chi connectivity index (χ3n) is 5.10. The maximum absolute atomic E-state index is 12.3. The number of likely N-dealkylation sites (tertiary alicyclic amines) is 1. The molecule has 2 heterocycles. The lowest BCUT2D eigenvalue weighted by Crippen LogP contribution is -2.51. The van der Waals surface area contributed by atoms with E-state index in [2.05, 4.69) is 17.2 Å². The van der Waals surface area contributed by atoms with Crippen molar-refractivity contribution >= 4 is 16.8 Å².